The van der Waals surface area contributed by atoms with Gasteiger partial charge in [-0.2, -0.15) is 0 Å². The number of rotatable bonds is 7. The second-order valence-corrected chi connectivity index (χ2v) is 10.4. The first-order valence-corrected chi connectivity index (χ1v) is 14.1. The van der Waals surface area contributed by atoms with Gasteiger partial charge in [-0.25, -0.2) is 8.78 Å². The van der Waals surface area contributed by atoms with Crippen LogP contribution in [0.15, 0.2) is 139 Å². The van der Waals surface area contributed by atoms with E-state index in [1.807, 2.05) is 54.6 Å². The smallest absolute Gasteiger partial charge is 0.185 e. The number of carbonyl (C=O) groups is 1. The molecule has 0 N–H and O–H groups in total. The number of hydrogen-bond donors (Lipinski definition) is 0. The Morgan fingerprint density at radius 2 is 0.977 bits per heavy atom. The molecule has 0 saturated heterocycles. The van der Waals surface area contributed by atoms with Gasteiger partial charge in [-0.05, 0) is 96.1 Å². The molecule has 5 aromatic carbocycles. The summed E-state index contributed by atoms with van der Waals surface area (Å²) in [5.41, 5.74) is 3.64. The molecule has 1 fully saturated rings. The first-order valence-electron chi connectivity index (χ1n) is 14.1. The van der Waals surface area contributed by atoms with E-state index in [-0.39, 0.29) is 23.2 Å². The third kappa shape index (κ3) is 6.79. The summed E-state index contributed by atoms with van der Waals surface area (Å²) in [6.45, 7) is 0. The molecule has 0 amide bonds. The molecule has 0 spiro atoms. The van der Waals surface area contributed by atoms with Crippen LogP contribution in [0.3, 0.4) is 0 Å². The van der Waals surface area contributed by atoms with Crippen LogP contribution in [0.5, 0.6) is 23.0 Å². The Hall–Kier alpha value is -5.29. The molecule has 1 aliphatic rings. The monoisotopic (exact) mass is 570 g/mol. The van der Waals surface area contributed by atoms with Gasteiger partial charge in [0.1, 0.15) is 11.5 Å². The third-order valence-corrected chi connectivity index (χ3v) is 7.32. The van der Waals surface area contributed by atoms with Gasteiger partial charge in [0.2, 0.25) is 0 Å². The second-order valence-electron chi connectivity index (χ2n) is 10.4. The molecular formula is C38H28F2O3. The van der Waals surface area contributed by atoms with Crippen LogP contribution in [-0.4, -0.2) is 5.78 Å². The van der Waals surface area contributed by atoms with Crippen LogP contribution in [0.25, 0.3) is 12.2 Å². The van der Waals surface area contributed by atoms with Crippen molar-refractivity contribution < 1.29 is 23.0 Å². The Kier molecular flexibility index (Phi) is 8.23. The molecule has 0 aliphatic heterocycles. The van der Waals surface area contributed by atoms with E-state index in [0.29, 0.717) is 46.6 Å². The van der Waals surface area contributed by atoms with Gasteiger partial charge < -0.3 is 9.47 Å². The zero-order valence-corrected chi connectivity index (χ0v) is 23.3. The standard InChI is InChI=1S/C38H28F2O3/c39-34-18-16-26(22-36(34)42-32-12-6-2-7-13-32)20-30-24-29(28-10-4-1-5-11-28)25-31(38(30)41)21-27-17-19-35(40)37(23-27)43-33-14-8-3-9-15-33/h1-23,29H,24-25H2/b30-20+,31-21+. The molecular weight excluding hydrogens is 542 g/mol. The van der Waals surface area contributed by atoms with Gasteiger partial charge >= 0.3 is 0 Å². The second kappa shape index (κ2) is 12.7. The summed E-state index contributed by atoms with van der Waals surface area (Å²) in [4.78, 5) is 13.8. The highest BCUT2D eigenvalue weighted by Gasteiger charge is 2.29. The van der Waals surface area contributed by atoms with E-state index in [1.54, 1.807) is 60.7 Å². The van der Waals surface area contributed by atoms with E-state index >= 15 is 0 Å². The molecule has 5 heteroatoms. The average Bonchev–Trinajstić information content (AvgIpc) is 3.04. The fourth-order valence-electron chi connectivity index (χ4n) is 5.21. The summed E-state index contributed by atoms with van der Waals surface area (Å²) in [6, 6.07) is 37.2. The Labute approximate surface area is 249 Å². The van der Waals surface area contributed by atoms with Crippen molar-refractivity contribution in [3.05, 3.63) is 167 Å². The van der Waals surface area contributed by atoms with Gasteiger partial charge in [0.25, 0.3) is 0 Å². The Morgan fingerprint density at radius 3 is 1.42 bits per heavy atom. The fraction of sp³-hybridized carbons (Fsp3) is 0.0789. The molecule has 0 aromatic heterocycles. The van der Waals surface area contributed by atoms with E-state index < -0.39 is 11.6 Å². The highest BCUT2D eigenvalue weighted by molar-refractivity contribution is 6.14. The zero-order valence-electron chi connectivity index (χ0n) is 23.3. The van der Waals surface area contributed by atoms with Crippen LogP contribution >= 0.6 is 0 Å². The van der Waals surface area contributed by atoms with Crippen molar-refractivity contribution in [1.29, 1.82) is 0 Å². The number of hydrogen-bond acceptors (Lipinski definition) is 3. The lowest BCUT2D eigenvalue weighted by molar-refractivity contribution is -0.113. The van der Waals surface area contributed by atoms with Crippen LogP contribution in [-0.2, 0) is 4.79 Å². The molecule has 43 heavy (non-hydrogen) atoms. The van der Waals surface area contributed by atoms with E-state index in [1.165, 1.54) is 12.1 Å². The minimum Gasteiger partial charge on any atom is -0.454 e. The van der Waals surface area contributed by atoms with Gasteiger partial charge in [0, 0.05) is 11.1 Å². The maximum absolute atomic E-state index is 14.6. The molecule has 0 bridgehead atoms. The quantitative estimate of drug-likeness (QED) is 0.183. The molecule has 1 aliphatic carbocycles. The van der Waals surface area contributed by atoms with Crippen molar-refractivity contribution in [3.63, 3.8) is 0 Å². The van der Waals surface area contributed by atoms with Crippen molar-refractivity contribution in [2.45, 2.75) is 18.8 Å². The van der Waals surface area contributed by atoms with E-state index in [2.05, 4.69) is 12.1 Å². The number of ketones is 1. The first-order chi connectivity index (χ1) is 21.0. The maximum atomic E-state index is 14.6. The lowest BCUT2D eigenvalue weighted by Gasteiger charge is -2.26. The number of para-hydroxylation sites is 2. The van der Waals surface area contributed by atoms with Gasteiger partial charge in [-0.3, -0.25) is 4.79 Å². The lowest BCUT2D eigenvalue weighted by atomic mass is 9.76. The van der Waals surface area contributed by atoms with E-state index in [0.717, 1.165) is 5.56 Å². The van der Waals surface area contributed by atoms with Crippen LogP contribution in [0, 0.1) is 11.6 Å². The lowest BCUT2D eigenvalue weighted by Crippen LogP contribution is -2.19. The normalized spacial score (nSPS) is 16.8. The summed E-state index contributed by atoms with van der Waals surface area (Å²) in [5, 5.41) is 0. The fourth-order valence-corrected chi connectivity index (χ4v) is 5.21. The van der Waals surface area contributed by atoms with Crippen molar-refractivity contribution in [3.8, 4) is 23.0 Å². The topological polar surface area (TPSA) is 35.5 Å². The molecule has 6 rings (SSSR count). The van der Waals surface area contributed by atoms with Crippen LogP contribution in [0.4, 0.5) is 8.78 Å². The molecule has 0 atom stereocenters. The summed E-state index contributed by atoms with van der Waals surface area (Å²) in [6.07, 6.45) is 4.66. The SMILES string of the molecule is O=C1/C(=C/c2ccc(F)c(Oc3ccccc3)c2)CC(c2ccccc2)C/C1=C\c1ccc(F)c(Oc2ccccc2)c1. The summed E-state index contributed by atoms with van der Waals surface area (Å²) in [5.74, 6) is 0.165. The highest BCUT2D eigenvalue weighted by atomic mass is 19.1. The van der Waals surface area contributed by atoms with Crippen molar-refractivity contribution >= 4 is 17.9 Å². The summed E-state index contributed by atoms with van der Waals surface area (Å²) >= 11 is 0. The van der Waals surface area contributed by atoms with Crippen LogP contribution < -0.4 is 9.47 Å². The van der Waals surface area contributed by atoms with Crippen molar-refractivity contribution in [1.82, 2.24) is 0 Å². The Balaban J connectivity index is 1.34. The summed E-state index contributed by atoms with van der Waals surface area (Å²) < 4.78 is 40.8. The number of ether oxygens (including phenoxy) is 2. The molecule has 0 radical (unpaired) electrons. The van der Waals surface area contributed by atoms with Crippen LogP contribution in [0.2, 0.25) is 0 Å². The van der Waals surface area contributed by atoms with Crippen molar-refractivity contribution in [2.24, 2.45) is 0 Å². The number of halogens is 2. The largest absolute Gasteiger partial charge is 0.454 e. The maximum Gasteiger partial charge on any atom is 0.185 e. The van der Waals surface area contributed by atoms with Gasteiger partial charge in [-0.1, -0.05) is 78.9 Å². The molecule has 0 heterocycles. The van der Waals surface area contributed by atoms with Gasteiger partial charge in [0.15, 0.2) is 28.9 Å². The number of benzene rings is 5. The Morgan fingerprint density at radius 1 is 0.558 bits per heavy atom. The number of carbonyl (C=O) groups excluding carboxylic acids is 1. The van der Waals surface area contributed by atoms with E-state index in [4.69, 9.17) is 9.47 Å². The predicted octanol–water partition coefficient (Wildman–Crippen LogP) is 10.2. The molecule has 1 saturated carbocycles. The first kappa shape index (κ1) is 27.9. The summed E-state index contributed by atoms with van der Waals surface area (Å²) in [7, 11) is 0. The molecule has 212 valence electrons. The third-order valence-electron chi connectivity index (χ3n) is 7.32. The number of Topliss-reactive ketones (excluding diaryl/α,β-unsaturated/α-hetero) is 1. The van der Waals surface area contributed by atoms with Crippen molar-refractivity contribution in [2.75, 3.05) is 0 Å². The van der Waals surface area contributed by atoms with Gasteiger partial charge in [-0.15, -0.1) is 0 Å². The van der Waals surface area contributed by atoms with Gasteiger partial charge in [0.05, 0.1) is 0 Å². The zero-order chi connectivity index (χ0) is 29.6. The Bertz CT molecular complexity index is 1680. The van der Waals surface area contributed by atoms with Crippen LogP contribution in [0.1, 0.15) is 35.4 Å². The molecule has 3 nitrogen and oxygen atoms in total. The number of allylic oxidation sites excluding steroid dienone is 2. The van der Waals surface area contributed by atoms with E-state index in [9.17, 15) is 13.6 Å². The predicted molar refractivity (Wildman–Crippen MR) is 165 cm³/mol. The molecule has 0 unspecified atom stereocenters. The highest BCUT2D eigenvalue weighted by Crippen LogP contribution is 2.39. The average molecular weight is 571 g/mol. The minimum atomic E-state index is -0.492. The molecule has 5 aromatic rings. The minimum absolute atomic E-state index is 0.0531.